The van der Waals surface area contributed by atoms with Crippen LogP contribution in [0, 0.1) is 11.8 Å². The van der Waals surface area contributed by atoms with E-state index >= 15 is 0 Å². The highest BCUT2D eigenvalue weighted by atomic mass is 16.5. The highest BCUT2D eigenvalue weighted by molar-refractivity contribution is 5.36. The maximum Gasteiger partial charge on any atom is 0.293 e. The number of hydrogen-bond acceptors (Lipinski definition) is 2. The monoisotopic (exact) mass is 202 g/mol. The van der Waals surface area contributed by atoms with Crippen molar-refractivity contribution < 1.29 is 9.53 Å². The molecule has 0 aromatic heterocycles. The summed E-state index contributed by atoms with van der Waals surface area (Å²) in [5, 5.41) is 0. The first-order valence-electron chi connectivity index (χ1n) is 5.02. The first-order chi connectivity index (χ1) is 7.43. The van der Waals surface area contributed by atoms with Crippen molar-refractivity contribution in [2.75, 3.05) is 6.61 Å². The van der Waals surface area contributed by atoms with Gasteiger partial charge in [-0.05, 0) is 25.0 Å². The predicted octanol–water partition coefficient (Wildman–Crippen LogP) is 2.38. The first-order valence-corrected chi connectivity index (χ1v) is 5.02. The van der Waals surface area contributed by atoms with Gasteiger partial charge in [-0.25, -0.2) is 0 Å². The lowest BCUT2D eigenvalue weighted by molar-refractivity contribution is -0.128. The smallest absolute Gasteiger partial charge is 0.293 e. The molecule has 1 aromatic rings. The fourth-order valence-corrected chi connectivity index (χ4v) is 1.13. The maximum absolute atomic E-state index is 9.83. The van der Waals surface area contributed by atoms with Crippen LogP contribution >= 0.6 is 0 Å². The molecule has 15 heavy (non-hydrogen) atoms. The third-order valence-electron chi connectivity index (χ3n) is 1.89. The van der Waals surface area contributed by atoms with Gasteiger partial charge in [0.25, 0.3) is 6.47 Å². The molecule has 0 aliphatic carbocycles. The van der Waals surface area contributed by atoms with Crippen molar-refractivity contribution in [1.82, 2.24) is 0 Å². The molecule has 0 atom stereocenters. The van der Waals surface area contributed by atoms with Crippen LogP contribution in [-0.2, 0) is 9.53 Å². The molecule has 1 aromatic carbocycles. The zero-order chi connectivity index (χ0) is 10.8. The summed E-state index contributed by atoms with van der Waals surface area (Å²) in [5.74, 6) is 6.16. The quantitative estimate of drug-likeness (QED) is 0.416. The van der Waals surface area contributed by atoms with E-state index in [1.54, 1.807) is 0 Å². The van der Waals surface area contributed by atoms with Crippen molar-refractivity contribution in [2.45, 2.75) is 19.3 Å². The molecule has 0 saturated heterocycles. The Morgan fingerprint density at radius 1 is 1.20 bits per heavy atom. The Kier molecular flexibility index (Phi) is 5.76. The third kappa shape index (κ3) is 5.53. The van der Waals surface area contributed by atoms with Crippen molar-refractivity contribution in [3.05, 3.63) is 35.9 Å². The Labute approximate surface area is 90.3 Å². The van der Waals surface area contributed by atoms with Crippen LogP contribution in [0.2, 0.25) is 0 Å². The minimum atomic E-state index is 0.482. The van der Waals surface area contributed by atoms with E-state index in [0.717, 1.165) is 24.8 Å². The first kappa shape index (κ1) is 11.3. The highest BCUT2D eigenvalue weighted by Crippen LogP contribution is 1.97. The molecule has 0 spiro atoms. The summed E-state index contributed by atoms with van der Waals surface area (Å²) in [7, 11) is 0. The second-order valence-corrected chi connectivity index (χ2v) is 3.09. The highest BCUT2D eigenvalue weighted by Gasteiger charge is 1.86. The van der Waals surface area contributed by atoms with E-state index in [1.807, 2.05) is 30.3 Å². The van der Waals surface area contributed by atoms with Gasteiger partial charge in [0.05, 0.1) is 6.61 Å². The summed E-state index contributed by atoms with van der Waals surface area (Å²) < 4.78 is 4.57. The Bertz CT molecular complexity index is 333. The zero-order valence-electron chi connectivity index (χ0n) is 8.61. The molecule has 78 valence electrons. The molecule has 0 aliphatic rings. The molecule has 0 saturated carbocycles. The SMILES string of the molecule is O=COCCCCC#Cc1ccccc1. The molecule has 2 heteroatoms. The van der Waals surface area contributed by atoms with Crippen molar-refractivity contribution in [3.63, 3.8) is 0 Å². The number of ether oxygens (including phenoxy) is 1. The molecule has 0 amide bonds. The van der Waals surface area contributed by atoms with Crippen LogP contribution in [-0.4, -0.2) is 13.1 Å². The Morgan fingerprint density at radius 3 is 2.73 bits per heavy atom. The summed E-state index contributed by atoms with van der Waals surface area (Å²) in [4.78, 5) is 9.83. The third-order valence-corrected chi connectivity index (χ3v) is 1.89. The van der Waals surface area contributed by atoms with Gasteiger partial charge in [0.2, 0.25) is 0 Å². The largest absolute Gasteiger partial charge is 0.468 e. The average Bonchev–Trinajstić information content (AvgIpc) is 2.29. The van der Waals surface area contributed by atoms with Crippen LogP contribution < -0.4 is 0 Å². The van der Waals surface area contributed by atoms with Gasteiger partial charge >= 0.3 is 0 Å². The van der Waals surface area contributed by atoms with E-state index in [-0.39, 0.29) is 0 Å². The molecule has 0 bridgehead atoms. The van der Waals surface area contributed by atoms with Crippen molar-refractivity contribution in [2.24, 2.45) is 0 Å². The minimum Gasteiger partial charge on any atom is -0.468 e. The van der Waals surface area contributed by atoms with Gasteiger partial charge < -0.3 is 4.74 Å². The number of rotatable bonds is 5. The van der Waals surface area contributed by atoms with E-state index in [9.17, 15) is 4.79 Å². The van der Waals surface area contributed by atoms with Crippen LogP contribution in [0.25, 0.3) is 0 Å². The van der Waals surface area contributed by atoms with Gasteiger partial charge in [0, 0.05) is 12.0 Å². The van der Waals surface area contributed by atoms with Crippen LogP contribution in [0.1, 0.15) is 24.8 Å². The lowest BCUT2D eigenvalue weighted by Crippen LogP contribution is -1.90. The molecule has 0 heterocycles. The molecule has 1 rings (SSSR count). The van der Waals surface area contributed by atoms with Crippen LogP contribution in [0.4, 0.5) is 0 Å². The lowest BCUT2D eigenvalue weighted by atomic mass is 10.2. The summed E-state index contributed by atoms with van der Waals surface area (Å²) >= 11 is 0. The van der Waals surface area contributed by atoms with E-state index < -0.39 is 0 Å². The Morgan fingerprint density at radius 2 is 2.00 bits per heavy atom. The average molecular weight is 202 g/mol. The topological polar surface area (TPSA) is 26.3 Å². The van der Waals surface area contributed by atoms with Crippen LogP contribution in [0.15, 0.2) is 30.3 Å². The second-order valence-electron chi connectivity index (χ2n) is 3.09. The van der Waals surface area contributed by atoms with Crippen molar-refractivity contribution in [3.8, 4) is 11.8 Å². The number of carbonyl (C=O) groups is 1. The summed E-state index contributed by atoms with van der Waals surface area (Å²) in [5.41, 5.74) is 1.04. The van der Waals surface area contributed by atoms with Gasteiger partial charge in [0.15, 0.2) is 0 Å². The molecule has 0 N–H and O–H groups in total. The van der Waals surface area contributed by atoms with Crippen LogP contribution in [0.5, 0.6) is 0 Å². The van der Waals surface area contributed by atoms with E-state index in [1.165, 1.54) is 0 Å². The summed E-state index contributed by atoms with van der Waals surface area (Å²) in [6.07, 6.45) is 2.69. The van der Waals surface area contributed by atoms with Crippen molar-refractivity contribution >= 4 is 6.47 Å². The zero-order valence-corrected chi connectivity index (χ0v) is 8.61. The fourth-order valence-electron chi connectivity index (χ4n) is 1.13. The fraction of sp³-hybridized carbons (Fsp3) is 0.308. The molecule has 2 nitrogen and oxygen atoms in total. The molecular formula is C13H14O2. The molecule has 0 radical (unpaired) electrons. The maximum atomic E-state index is 9.83. The number of unbranched alkanes of at least 4 members (excludes halogenated alkanes) is 2. The molecular weight excluding hydrogens is 188 g/mol. The summed E-state index contributed by atoms with van der Waals surface area (Å²) in [6, 6.07) is 9.90. The predicted molar refractivity (Wildman–Crippen MR) is 59.2 cm³/mol. The Hall–Kier alpha value is -1.75. The van der Waals surface area contributed by atoms with Crippen molar-refractivity contribution in [1.29, 1.82) is 0 Å². The van der Waals surface area contributed by atoms with Gasteiger partial charge in [-0.3, -0.25) is 4.79 Å². The number of benzene rings is 1. The minimum absolute atomic E-state index is 0.482. The molecule has 0 unspecified atom stereocenters. The second kappa shape index (κ2) is 7.64. The van der Waals surface area contributed by atoms with E-state index in [0.29, 0.717) is 13.1 Å². The van der Waals surface area contributed by atoms with Gasteiger partial charge in [-0.15, -0.1) is 0 Å². The van der Waals surface area contributed by atoms with Crippen LogP contribution in [0.3, 0.4) is 0 Å². The standard InChI is InChI=1S/C13H14O2/c14-12-15-11-7-2-1-4-8-13-9-5-3-6-10-13/h3,5-6,9-10,12H,1-2,7,11H2. The molecule has 0 fully saturated rings. The van der Waals surface area contributed by atoms with Gasteiger partial charge in [-0.2, -0.15) is 0 Å². The normalized spacial score (nSPS) is 8.80. The number of hydrogen-bond donors (Lipinski definition) is 0. The molecule has 0 aliphatic heterocycles. The van der Waals surface area contributed by atoms with E-state index in [4.69, 9.17) is 0 Å². The lowest BCUT2D eigenvalue weighted by Gasteiger charge is -1.94. The van der Waals surface area contributed by atoms with Gasteiger partial charge in [-0.1, -0.05) is 30.0 Å². The summed E-state index contributed by atoms with van der Waals surface area (Å²) in [6.45, 7) is 0.978. The van der Waals surface area contributed by atoms with E-state index in [2.05, 4.69) is 16.6 Å². The van der Waals surface area contributed by atoms with Gasteiger partial charge in [0.1, 0.15) is 0 Å². The number of carbonyl (C=O) groups excluding carboxylic acids is 1. The Balaban J connectivity index is 2.15.